The van der Waals surface area contributed by atoms with E-state index in [9.17, 15) is 4.79 Å². The number of hydrogen-bond acceptors (Lipinski definition) is 3. The van der Waals surface area contributed by atoms with E-state index in [1.165, 1.54) is 0 Å². The first kappa shape index (κ1) is 6.89. The van der Waals surface area contributed by atoms with Gasteiger partial charge in [0.15, 0.2) is 0 Å². The van der Waals surface area contributed by atoms with Gasteiger partial charge in [0.25, 0.3) is 0 Å². The second-order valence-corrected chi connectivity index (χ2v) is 3.29. The lowest BCUT2D eigenvalue weighted by atomic mass is 10.5. The molecule has 0 bridgehead atoms. The van der Waals surface area contributed by atoms with Gasteiger partial charge in [-0.3, -0.25) is 9.69 Å². The molecular formula is C5H10N2OS. The molecule has 0 aromatic rings. The summed E-state index contributed by atoms with van der Waals surface area (Å²) < 4.78 is 0. The van der Waals surface area contributed by atoms with E-state index in [1.54, 1.807) is 11.8 Å². The zero-order chi connectivity index (χ0) is 6.85. The summed E-state index contributed by atoms with van der Waals surface area (Å²) in [5.74, 6) is 0.796. The molecule has 0 aliphatic carbocycles. The summed E-state index contributed by atoms with van der Waals surface area (Å²) in [6.45, 7) is 0.971. The normalized spacial score (nSPS) is 28.8. The van der Waals surface area contributed by atoms with Crippen LogP contribution in [0.25, 0.3) is 0 Å². The molecule has 1 atom stereocenters. The predicted octanol–water partition coefficient (Wildman–Crippen LogP) is -0.524. The lowest BCUT2D eigenvalue weighted by molar-refractivity contribution is -0.119. The number of nitrogens with zero attached hydrogens (tertiary/aromatic N) is 1. The molecule has 1 fully saturated rings. The van der Waals surface area contributed by atoms with Gasteiger partial charge < -0.3 is 5.73 Å². The van der Waals surface area contributed by atoms with Crippen molar-refractivity contribution in [3.8, 4) is 0 Å². The third-order valence-electron chi connectivity index (χ3n) is 1.36. The fourth-order valence-corrected chi connectivity index (χ4v) is 1.99. The van der Waals surface area contributed by atoms with E-state index in [4.69, 9.17) is 5.73 Å². The first-order chi connectivity index (χ1) is 4.22. The minimum absolute atomic E-state index is 0.0787. The van der Waals surface area contributed by atoms with Crippen LogP contribution in [0.2, 0.25) is 0 Å². The monoisotopic (exact) mass is 146 g/mol. The number of amides is 1. The van der Waals surface area contributed by atoms with E-state index in [0.29, 0.717) is 0 Å². The maximum Gasteiger partial charge on any atom is 0.245 e. The Morgan fingerprint density at radius 3 is 2.78 bits per heavy atom. The largest absolute Gasteiger partial charge is 0.368 e. The molecule has 1 unspecified atom stereocenters. The summed E-state index contributed by atoms with van der Waals surface area (Å²) in [6, 6.07) is 0. The van der Waals surface area contributed by atoms with Crippen molar-refractivity contribution in [3.05, 3.63) is 0 Å². The van der Waals surface area contributed by atoms with Crippen LogP contribution < -0.4 is 5.73 Å². The SMILES string of the molecule is CN1CCSC1C(N)=O. The van der Waals surface area contributed by atoms with Crippen LogP contribution in [0, 0.1) is 0 Å². The van der Waals surface area contributed by atoms with Crippen LogP contribution >= 0.6 is 11.8 Å². The van der Waals surface area contributed by atoms with E-state index in [0.717, 1.165) is 12.3 Å². The Kier molecular flexibility index (Phi) is 1.97. The van der Waals surface area contributed by atoms with Crippen molar-refractivity contribution in [2.24, 2.45) is 5.73 Å². The van der Waals surface area contributed by atoms with Crippen LogP contribution in [-0.4, -0.2) is 35.5 Å². The van der Waals surface area contributed by atoms with E-state index in [2.05, 4.69) is 0 Å². The number of likely N-dealkylation sites (N-methyl/N-ethyl adjacent to an activating group) is 1. The van der Waals surface area contributed by atoms with Crippen molar-refractivity contribution in [3.63, 3.8) is 0 Å². The molecule has 1 amide bonds. The summed E-state index contributed by atoms with van der Waals surface area (Å²) in [4.78, 5) is 12.5. The summed E-state index contributed by atoms with van der Waals surface area (Å²) >= 11 is 1.61. The molecule has 1 saturated heterocycles. The number of nitrogens with two attached hydrogens (primary N) is 1. The van der Waals surface area contributed by atoms with Gasteiger partial charge in [-0.15, -0.1) is 11.8 Å². The first-order valence-electron chi connectivity index (χ1n) is 2.83. The van der Waals surface area contributed by atoms with Gasteiger partial charge in [-0.05, 0) is 7.05 Å². The maximum absolute atomic E-state index is 10.6. The number of carbonyl (C=O) groups is 1. The topological polar surface area (TPSA) is 46.3 Å². The van der Waals surface area contributed by atoms with E-state index < -0.39 is 0 Å². The molecule has 9 heavy (non-hydrogen) atoms. The van der Waals surface area contributed by atoms with Crippen LogP contribution in [0.4, 0.5) is 0 Å². The van der Waals surface area contributed by atoms with Gasteiger partial charge in [0.05, 0.1) is 0 Å². The Morgan fingerprint density at radius 2 is 2.56 bits per heavy atom. The number of rotatable bonds is 1. The highest BCUT2D eigenvalue weighted by molar-refractivity contribution is 8.00. The van der Waals surface area contributed by atoms with Crippen molar-refractivity contribution in [2.75, 3.05) is 19.3 Å². The summed E-state index contributed by atoms with van der Waals surface area (Å²) in [6.07, 6.45) is 0. The van der Waals surface area contributed by atoms with Crippen molar-refractivity contribution < 1.29 is 4.79 Å². The van der Waals surface area contributed by atoms with Gasteiger partial charge in [-0.25, -0.2) is 0 Å². The third kappa shape index (κ3) is 1.37. The molecule has 52 valence electrons. The molecule has 0 aromatic heterocycles. The Balaban J connectivity index is 2.49. The fraction of sp³-hybridized carbons (Fsp3) is 0.800. The van der Waals surface area contributed by atoms with E-state index in [-0.39, 0.29) is 11.3 Å². The molecule has 2 N–H and O–H groups in total. The fourth-order valence-electron chi connectivity index (χ4n) is 0.852. The van der Waals surface area contributed by atoms with Crippen LogP contribution in [0.1, 0.15) is 0 Å². The predicted molar refractivity (Wildman–Crippen MR) is 38.1 cm³/mol. The molecule has 1 rings (SSSR count). The molecule has 3 nitrogen and oxygen atoms in total. The molecular weight excluding hydrogens is 136 g/mol. The van der Waals surface area contributed by atoms with Crippen molar-refractivity contribution in [2.45, 2.75) is 5.37 Å². The Labute approximate surface area is 58.6 Å². The average molecular weight is 146 g/mol. The summed E-state index contributed by atoms with van der Waals surface area (Å²) in [5.41, 5.74) is 5.09. The van der Waals surface area contributed by atoms with Crippen LogP contribution in [0.15, 0.2) is 0 Å². The molecule has 0 spiro atoms. The lowest BCUT2D eigenvalue weighted by Crippen LogP contribution is -2.35. The van der Waals surface area contributed by atoms with Gasteiger partial charge in [0.2, 0.25) is 5.91 Å². The van der Waals surface area contributed by atoms with Crippen LogP contribution in [0.5, 0.6) is 0 Å². The number of primary amides is 1. The zero-order valence-corrected chi connectivity index (χ0v) is 6.15. The van der Waals surface area contributed by atoms with Crippen LogP contribution in [0.3, 0.4) is 0 Å². The van der Waals surface area contributed by atoms with Crippen molar-refractivity contribution in [1.29, 1.82) is 0 Å². The van der Waals surface area contributed by atoms with Crippen LogP contribution in [-0.2, 0) is 4.79 Å². The molecule has 1 heterocycles. The third-order valence-corrected chi connectivity index (χ3v) is 2.69. The van der Waals surface area contributed by atoms with Gasteiger partial charge in [0, 0.05) is 12.3 Å². The minimum atomic E-state index is -0.222. The molecule has 4 heteroatoms. The maximum atomic E-state index is 10.6. The van der Waals surface area contributed by atoms with E-state index >= 15 is 0 Å². The molecule has 0 radical (unpaired) electrons. The van der Waals surface area contributed by atoms with Crippen molar-refractivity contribution >= 4 is 17.7 Å². The first-order valence-corrected chi connectivity index (χ1v) is 3.88. The highest BCUT2D eigenvalue weighted by Crippen LogP contribution is 2.20. The standard InChI is InChI=1S/C5H10N2OS/c1-7-2-3-9-5(7)4(6)8/h5H,2-3H2,1H3,(H2,6,8). The Bertz CT molecular complexity index is 128. The number of carbonyl (C=O) groups excluding carboxylic acids is 1. The highest BCUT2D eigenvalue weighted by atomic mass is 32.2. The molecule has 0 aromatic carbocycles. The van der Waals surface area contributed by atoms with Crippen molar-refractivity contribution in [1.82, 2.24) is 4.90 Å². The number of thioether (sulfide) groups is 1. The second kappa shape index (κ2) is 2.58. The summed E-state index contributed by atoms with van der Waals surface area (Å²) in [7, 11) is 1.91. The van der Waals surface area contributed by atoms with E-state index in [1.807, 2.05) is 11.9 Å². The Hall–Kier alpha value is -0.220. The van der Waals surface area contributed by atoms with Gasteiger partial charge in [0.1, 0.15) is 5.37 Å². The number of hydrogen-bond donors (Lipinski definition) is 1. The average Bonchev–Trinajstić information content (AvgIpc) is 2.13. The smallest absolute Gasteiger partial charge is 0.245 e. The zero-order valence-electron chi connectivity index (χ0n) is 5.33. The van der Waals surface area contributed by atoms with Gasteiger partial charge in [-0.2, -0.15) is 0 Å². The van der Waals surface area contributed by atoms with Gasteiger partial charge in [-0.1, -0.05) is 0 Å². The van der Waals surface area contributed by atoms with Gasteiger partial charge >= 0.3 is 0 Å². The molecule has 0 saturated carbocycles. The Morgan fingerprint density at radius 1 is 1.89 bits per heavy atom. The minimum Gasteiger partial charge on any atom is -0.368 e. The summed E-state index contributed by atoms with van der Waals surface area (Å²) in [5, 5.41) is -0.0787. The highest BCUT2D eigenvalue weighted by Gasteiger charge is 2.25. The molecule has 1 aliphatic rings. The lowest BCUT2D eigenvalue weighted by Gasteiger charge is -2.13. The quantitative estimate of drug-likeness (QED) is 0.541. The second-order valence-electron chi connectivity index (χ2n) is 2.11. The molecule has 1 aliphatic heterocycles.